The maximum Gasteiger partial charge on any atom is 0.273 e. The van der Waals surface area contributed by atoms with Crippen molar-refractivity contribution in [1.82, 2.24) is 15.1 Å². The monoisotopic (exact) mass is 425 g/mol. The van der Waals surface area contributed by atoms with Crippen molar-refractivity contribution in [3.05, 3.63) is 101 Å². The number of ether oxygens (including phenoxy) is 1. The van der Waals surface area contributed by atoms with Crippen LogP contribution in [0.2, 0.25) is 0 Å². The van der Waals surface area contributed by atoms with Gasteiger partial charge in [-0.15, -0.1) is 0 Å². The summed E-state index contributed by atoms with van der Waals surface area (Å²) in [5.41, 5.74) is 6.12. The SMILES string of the molecule is COc1ccc(-c2n[nH]c3c2C(c2ccc(O)cc2)N(Cc2ccc(C)cc2)C3=O)cc1. The summed E-state index contributed by atoms with van der Waals surface area (Å²) in [6.45, 7) is 2.51. The van der Waals surface area contributed by atoms with Gasteiger partial charge in [0.1, 0.15) is 17.2 Å². The van der Waals surface area contributed by atoms with Crippen molar-refractivity contribution in [3.63, 3.8) is 0 Å². The fourth-order valence-corrected chi connectivity index (χ4v) is 4.22. The minimum Gasteiger partial charge on any atom is -0.508 e. The molecule has 0 fully saturated rings. The fourth-order valence-electron chi connectivity index (χ4n) is 4.22. The van der Waals surface area contributed by atoms with Crippen molar-refractivity contribution in [2.24, 2.45) is 0 Å². The topological polar surface area (TPSA) is 78.5 Å². The van der Waals surface area contributed by atoms with Gasteiger partial charge in [0, 0.05) is 17.7 Å². The molecule has 0 saturated carbocycles. The Bertz CT molecular complexity index is 1260. The van der Waals surface area contributed by atoms with Crippen molar-refractivity contribution >= 4 is 5.91 Å². The minimum absolute atomic E-state index is 0.0917. The highest BCUT2D eigenvalue weighted by Crippen LogP contribution is 2.43. The van der Waals surface area contributed by atoms with Crippen LogP contribution < -0.4 is 4.74 Å². The third kappa shape index (κ3) is 3.39. The first-order chi connectivity index (χ1) is 15.5. The van der Waals surface area contributed by atoms with Gasteiger partial charge in [-0.1, -0.05) is 42.0 Å². The van der Waals surface area contributed by atoms with Crippen LogP contribution in [-0.2, 0) is 6.54 Å². The number of methoxy groups -OCH3 is 1. The van der Waals surface area contributed by atoms with E-state index in [-0.39, 0.29) is 17.7 Å². The number of aromatic amines is 1. The maximum absolute atomic E-state index is 13.4. The van der Waals surface area contributed by atoms with E-state index in [1.165, 1.54) is 5.56 Å². The van der Waals surface area contributed by atoms with E-state index < -0.39 is 0 Å². The molecule has 6 nitrogen and oxygen atoms in total. The highest BCUT2D eigenvalue weighted by molar-refractivity contribution is 6.00. The molecule has 0 bridgehead atoms. The maximum atomic E-state index is 13.4. The summed E-state index contributed by atoms with van der Waals surface area (Å²) in [7, 11) is 1.63. The Hall–Kier alpha value is -4.06. The third-order valence-electron chi connectivity index (χ3n) is 5.91. The lowest BCUT2D eigenvalue weighted by Crippen LogP contribution is -2.29. The highest BCUT2D eigenvalue weighted by Gasteiger charge is 2.42. The standard InChI is InChI=1S/C26H23N3O3/c1-16-3-5-17(6-4-16)15-29-25(19-7-11-20(30)12-8-19)22-23(27-28-24(22)26(29)31)18-9-13-21(32-2)14-10-18/h3-14,25,30H,15H2,1-2H3,(H,27,28). The van der Waals surface area contributed by atoms with E-state index in [1.807, 2.05) is 60.4 Å². The summed E-state index contributed by atoms with van der Waals surface area (Å²) in [6, 6.07) is 22.5. The van der Waals surface area contributed by atoms with Gasteiger partial charge in [0.2, 0.25) is 0 Å². The molecule has 160 valence electrons. The van der Waals surface area contributed by atoms with Gasteiger partial charge in [0.25, 0.3) is 5.91 Å². The zero-order valence-electron chi connectivity index (χ0n) is 17.9. The zero-order chi connectivity index (χ0) is 22.2. The Morgan fingerprint density at radius 3 is 2.34 bits per heavy atom. The summed E-state index contributed by atoms with van der Waals surface area (Å²) in [6.07, 6.45) is 0. The van der Waals surface area contributed by atoms with Crippen LogP contribution in [0.3, 0.4) is 0 Å². The number of nitrogens with zero attached hydrogens (tertiary/aromatic N) is 2. The van der Waals surface area contributed by atoms with E-state index in [0.29, 0.717) is 12.2 Å². The molecule has 1 atom stereocenters. The molecule has 0 aliphatic carbocycles. The lowest BCUT2D eigenvalue weighted by Gasteiger charge is -2.26. The van der Waals surface area contributed by atoms with Crippen LogP contribution in [0.15, 0.2) is 72.8 Å². The van der Waals surface area contributed by atoms with Crippen LogP contribution in [-0.4, -0.2) is 33.2 Å². The largest absolute Gasteiger partial charge is 0.508 e. The van der Waals surface area contributed by atoms with Gasteiger partial charge in [-0.25, -0.2) is 0 Å². The molecule has 0 saturated heterocycles. The second kappa shape index (κ2) is 7.89. The first-order valence-electron chi connectivity index (χ1n) is 10.4. The van der Waals surface area contributed by atoms with E-state index >= 15 is 0 Å². The number of aryl methyl sites for hydroxylation is 1. The summed E-state index contributed by atoms with van der Waals surface area (Å²) < 4.78 is 5.28. The summed E-state index contributed by atoms with van der Waals surface area (Å²) in [5, 5.41) is 17.3. The predicted molar refractivity (Wildman–Crippen MR) is 122 cm³/mol. The lowest BCUT2D eigenvalue weighted by molar-refractivity contribution is 0.0730. The first-order valence-corrected chi connectivity index (χ1v) is 10.4. The summed E-state index contributed by atoms with van der Waals surface area (Å²) >= 11 is 0. The number of H-pyrrole nitrogens is 1. The number of aromatic hydroxyl groups is 1. The van der Waals surface area contributed by atoms with Gasteiger partial charge >= 0.3 is 0 Å². The Morgan fingerprint density at radius 2 is 1.69 bits per heavy atom. The van der Waals surface area contributed by atoms with Gasteiger partial charge in [-0.2, -0.15) is 5.10 Å². The number of aromatic nitrogens is 2. The Kier molecular flexibility index (Phi) is 4.90. The number of hydrogen-bond acceptors (Lipinski definition) is 4. The first kappa shape index (κ1) is 19.9. The second-order valence-corrected chi connectivity index (χ2v) is 8.00. The van der Waals surface area contributed by atoms with Crippen LogP contribution in [0.1, 0.15) is 38.8 Å². The smallest absolute Gasteiger partial charge is 0.273 e. The zero-order valence-corrected chi connectivity index (χ0v) is 17.9. The normalized spacial score (nSPS) is 15.1. The van der Waals surface area contributed by atoms with Gasteiger partial charge in [0.15, 0.2) is 0 Å². The number of benzene rings is 3. The molecule has 1 amide bonds. The molecule has 6 heteroatoms. The van der Waals surface area contributed by atoms with Crippen LogP contribution >= 0.6 is 0 Å². The number of amides is 1. The van der Waals surface area contributed by atoms with Gasteiger partial charge in [-0.3, -0.25) is 9.89 Å². The molecule has 1 aromatic heterocycles. The molecule has 4 aromatic rings. The number of phenols is 1. The van der Waals surface area contributed by atoms with Crippen molar-refractivity contribution in [1.29, 1.82) is 0 Å². The predicted octanol–water partition coefficient (Wildman–Crippen LogP) is 4.84. The van der Waals surface area contributed by atoms with Gasteiger partial charge in [0.05, 0.1) is 18.8 Å². The van der Waals surface area contributed by atoms with Crippen LogP contribution in [0, 0.1) is 6.92 Å². The van der Waals surface area contributed by atoms with E-state index in [0.717, 1.165) is 33.7 Å². The van der Waals surface area contributed by atoms with Crippen molar-refractivity contribution in [2.75, 3.05) is 7.11 Å². The number of carbonyl (C=O) groups is 1. The molecule has 1 unspecified atom stereocenters. The quantitative estimate of drug-likeness (QED) is 0.479. The number of nitrogens with one attached hydrogen (secondary N) is 1. The van der Waals surface area contributed by atoms with E-state index in [4.69, 9.17) is 4.74 Å². The molecule has 2 N–H and O–H groups in total. The molecule has 0 spiro atoms. The Labute approximate surface area is 186 Å². The summed E-state index contributed by atoms with van der Waals surface area (Å²) in [4.78, 5) is 15.3. The van der Waals surface area contributed by atoms with Crippen LogP contribution in [0.25, 0.3) is 11.3 Å². The number of fused-ring (bicyclic) bond motifs is 1. The van der Waals surface area contributed by atoms with Crippen LogP contribution in [0.4, 0.5) is 0 Å². The number of phenolic OH excluding ortho intramolecular Hbond substituents is 1. The Balaban J connectivity index is 1.61. The van der Waals surface area contributed by atoms with Crippen molar-refractivity contribution < 1.29 is 14.6 Å². The second-order valence-electron chi connectivity index (χ2n) is 8.00. The molecule has 1 aliphatic heterocycles. The number of hydrogen-bond donors (Lipinski definition) is 2. The molecular weight excluding hydrogens is 402 g/mol. The lowest BCUT2D eigenvalue weighted by atomic mass is 9.95. The molecule has 5 rings (SSSR count). The molecular formula is C26H23N3O3. The molecule has 1 aliphatic rings. The molecule has 0 radical (unpaired) electrons. The van der Waals surface area contributed by atoms with E-state index in [2.05, 4.69) is 22.3 Å². The molecule has 32 heavy (non-hydrogen) atoms. The van der Waals surface area contributed by atoms with E-state index in [1.54, 1.807) is 19.2 Å². The molecule has 2 heterocycles. The summed E-state index contributed by atoms with van der Waals surface area (Å²) in [5.74, 6) is 0.852. The number of rotatable bonds is 5. The number of carbonyl (C=O) groups excluding carboxylic acids is 1. The average Bonchev–Trinajstić information content (AvgIpc) is 3.35. The Morgan fingerprint density at radius 1 is 1.00 bits per heavy atom. The highest BCUT2D eigenvalue weighted by atomic mass is 16.5. The third-order valence-corrected chi connectivity index (χ3v) is 5.91. The average molecular weight is 425 g/mol. The van der Waals surface area contributed by atoms with Crippen molar-refractivity contribution in [3.8, 4) is 22.8 Å². The molecule has 3 aromatic carbocycles. The van der Waals surface area contributed by atoms with E-state index in [9.17, 15) is 9.90 Å². The van der Waals surface area contributed by atoms with Crippen LogP contribution in [0.5, 0.6) is 11.5 Å². The fraction of sp³-hybridized carbons (Fsp3) is 0.154. The van der Waals surface area contributed by atoms with Gasteiger partial charge < -0.3 is 14.7 Å². The minimum atomic E-state index is -0.324. The van der Waals surface area contributed by atoms with Gasteiger partial charge in [-0.05, 0) is 54.4 Å². The van der Waals surface area contributed by atoms with Crippen molar-refractivity contribution in [2.45, 2.75) is 19.5 Å².